The molecular formula is C19H18FN7OS2. The van der Waals surface area contributed by atoms with Crippen molar-refractivity contribution in [2.45, 2.75) is 19.9 Å². The van der Waals surface area contributed by atoms with Crippen LogP contribution >= 0.6 is 23.6 Å². The number of benzene rings is 1. The van der Waals surface area contributed by atoms with Crippen LogP contribution in [0.1, 0.15) is 23.4 Å². The van der Waals surface area contributed by atoms with Gasteiger partial charge < -0.3 is 9.88 Å². The summed E-state index contributed by atoms with van der Waals surface area (Å²) < 4.78 is 17.6. The normalized spacial score (nSPS) is 11.0. The summed E-state index contributed by atoms with van der Waals surface area (Å²) in [7, 11) is 0. The van der Waals surface area contributed by atoms with Gasteiger partial charge in [0.2, 0.25) is 5.82 Å². The molecule has 4 rings (SSSR count). The lowest BCUT2D eigenvalue weighted by molar-refractivity contribution is 0.0943. The van der Waals surface area contributed by atoms with Gasteiger partial charge in [-0.2, -0.15) is 5.10 Å². The van der Waals surface area contributed by atoms with Crippen molar-refractivity contribution < 1.29 is 9.18 Å². The molecule has 0 bridgehead atoms. The molecule has 0 unspecified atom stereocenters. The molecule has 30 heavy (non-hydrogen) atoms. The SMILES string of the molecule is CCn1c(CCNC(=O)c2nc(-c3cccs3)n(-c3cccc(F)c3)n2)n[nH]c1=S. The zero-order valence-corrected chi connectivity index (χ0v) is 17.6. The third kappa shape index (κ3) is 4.07. The maximum Gasteiger partial charge on any atom is 0.291 e. The number of aromatic amines is 1. The second kappa shape index (κ2) is 8.67. The van der Waals surface area contributed by atoms with Gasteiger partial charge in [0.05, 0.1) is 10.6 Å². The Bertz CT molecular complexity index is 1230. The summed E-state index contributed by atoms with van der Waals surface area (Å²) in [6.45, 7) is 3.02. The van der Waals surface area contributed by atoms with E-state index in [9.17, 15) is 9.18 Å². The van der Waals surface area contributed by atoms with Crippen LogP contribution in [0.3, 0.4) is 0 Å². The van der Waals surface area contributed by atoms with Gasteiger partial charge in [0.1, 0.15) is 11.6 Å². The summed E-state index contributed by atoms with van der Waals surface area (Å²) in [5, 5.41) is 16.0. The van der Waals surface area contributed by atoms with Crippen LogP contribution < -0.4 is 5.32 Å². The molecule has 3 heterocycles. The lowest BCUT2D eigenvalue weighted by atomic mass is 10.3. The fraction of sp³-hybridized carbons (Fsp3) is 0.211. The minimum absolute atomic E-state index is 0.0111. The predicted molar refractivity (Wildman–Crippen MR) is 114 cm³/mol. The van der Waals surface area contributed by atoms with Gasteiger partial charge in [-0.25, -0.2) is 14.1 Å². The summed E-state index contributed by atoms with van der Waals surface area (Å²) in [5.41, 5.74) is 0.489. The summed E-state index contributed by atoms with van der Waals surface area (Å²) >= 11 is 6.63. The number of hydrogen-bond donors (Lipinski definition) is 2. The monoisotopic (exact) mass is 443 g/mol. The third-order valence-corrected chi connectivity index (χ3v) is 5.57. The minimum atomic E-state index is -0.417. The lowest BCUT2D eigenvalue weighted by Crippen LogP contribution is -2.27. The van der Waals surface area contributed by atoms with E-state index >= 15 is 0 Å². The Balaban J connectivity index is 1.56. The molecule has 0 aliphatic heterocycles. The number of H-pyrrole nitrogens is 1. The van der Waals surface area contributed by atoms with Crippen LogP contribution in [-0.4, -0.2) is 42.0 Å². The molecule has 4 aromatic rings. The standard InChI is InChI=1S/C19H18FN7OS2/c1-2-26-15(23-24-19(26)29)8-9-21-18(28)16-22-17(14-7-4-10-30-14)27(25-16)13-6-3-5-12(20)11-13/h3-7,10-11H,2,8-9H2,1H3,(H,21,28)(H,24,29). The van der Waals surface area contributed by atoms with Crippen LogP contribution in [0.5, 0.6) is 0 Å². The van der Waals surface area contributed by atoms with Crippen molar-refractivity contribution >= 4 is 29.5 Å². The Kier molecular flexibility index (Phi) is 5.81. The average molecular weight is 444 g/mol. The van der Waals surface area contributed by atoms with Crippen molar-refractivity contribution in [1.82, 2.24) is 34.8 Å². The molecule has 0 aliphatic rings. The molecule has 0 radical (unpaired) electrons. The minimum Gasteiger partial charge on any atom is -0.349 e. The summed E-state index contributed by atoms with van der Waals surface area (Å²) in [6, 6.07) is 9.75. The second-order valence-corrected chi connectivity index (χ2v) is 7.66. The van der Waals surface area contributed by atoms with Gasteiger partial charge in [0, 0.05) is 19.5 Å². The molecule has 1 aromatic carbocycles. The Labute approximate surface area is 180 Å². The maximum absolute atomic E-state index is 13.7. The summed E-state index contributed by atoms with van der Waals surface area (Å²) in [4.78, 5) is 17.9. The van der Waals surface area contributed by atoms with Gasteiger partial charge >= 0.3 is 0 Å². The first kappa shape index (κ1) is 20.1. The van der Waals surface area contributed by atoms with Gasteiger partial charge in [-0.05, 0) is 48.8 Å². The van der Waals surface area contributed by atoms with Gasteiger partial charge in [0.15, 0.2) is 10.6 Å². The second-order valence-electron chi connectivity index (χ2n) is 6.32. The van der Waals surface area contributed by atoms with E-state index in [4.69, 9.17) is 12.2 Å². The van der Waals surface area contributed by atoms with E-state index in [0.717, 1.165) is 10.7 Å². The summed E-state index contributed by atoms with van der Waals surface area (Å²) in [5.74, 6) is 0.445. The zero-order chi connectivity index (χ0) is 21.1. The first-order chi connectivity index (χ1) is 14.6. The molecule has 0 saturated carbocycles. The number of nitrogens with zero attached hydrogens (tertiary/aromatic N) is 5. The van der Waals surface area contributed by atoms with E-state index in [1.165, 1.54) is 28.2 Å². The maximum atomic E-state index is 13.7. The van der Waals surface area contributed by atoms with E-state index in [-0.39, 0.29) is 5.82 Å². The number of carbonyl (C=O) groups excluding carboxylic acids is 1. The fourth-order valence-electron chi connectivity index (χ4n) is 3.00. The highest BCUT2D eigenvalue weighted by molar-refractivity contribution is 7.71. The number of nitrogens with one attached hydrogen (secondary N) is 2. The lowest BCUT2D eigenvalue weighted by Gasteiger charge is -2.04. The highest BCUT2D eigenvalue weighted by atomic mass is 32.1. The molecule has 0 fully saturated rings. The number of hydrogen-bond acceptors (Lipinski definition) is 6. The number of carbonyl (C=O) groups is 1. The van der Waals surface area contributed by atoms with E-state index < -0.39 is 11.7 Å². The fourth-order valence-corrected chi connectivity index (χ4v) is 3.97. The summed E-state index contributed by atoms with van der Waals surface area (Å²) in [6.07, 6.45) is 0.509. The van der Waals surface area contributed by atoms with Crippen molar-refractivity contribution in [3.63, 3.8) is 0 Å². The smallest absolute Gasteiger partial charge is 0.291 e. The average Bonchev–Trinajstić information content (AvgIpc) is 3.47. The van der Waals surface area contributed by atoms with Crippen LogP contribution in [0, 0.1) is 10.6 Å². The molecule has 0 aliphatic carbocycles. The molecule has 0 atom stereocenters. The van der Waals surface area contributed by atoms with E-state index in [1.807, 2.05) is 29.0 Å². The molecule has 1 amide bonds. The third-order valence-electron chi connectivity index (χ3n) is 4.39. The van der Waals surface area contributed by atoms with Crippen molar-refractivity contribution in [1.29, 1.82) is 0 Å². The van der Waals surface area contributed by atoms with Gasteiger partial charge in [0.25, 0.3) is 5.91 Å². The van der Waals surface area contributed by atoms with Crippen LogP contribution in [0.4, 0.5) is 4.39 Å². The number of thiophene rings is 1. The zero-order valence-electron chi connectivity index (χ0n) is 16.0. The molecule has 154 valence electrons. The van der Waals surface area contributed by atoms with E-state index in [0.29, 0.717) is 35.8 Å². The molecular weight excluding hydrogens is 425 g/mol. The quantitative estimate of drug-likeness (QED) is 0.427. The number of halogens is 1. The Morgan fingerprint density at radius 2 is 2.20 bits per heavy atom. The largest absolute Gasteiger partial charge is 0.349 e. The molecule has 0 spiro atoms. The first-order valence-corrected chi connectivity index (χ1v) is 10.5. The molecule has 8 nitrogen and oxygen atoms in total. The predicted octanol–water partition coefficient (Wildman–Crippen LogP) is 3.38. The highest BCUT2D eigenvalue weighted by Gasteiger charge is 2.19. The topological polar surface area (TPSA) is 93.4 Å². The van der Waals surface area contributed by atoms with Crippen molar-refractivity contribution in [2.75, 3.05) is 6.54 Å². The Hall–Kier alpha value is -3.18. The first-order valence-electron chi connectivity index (χ1n) is 9.26. The van der Waals surface area contributed by atoms with E-state index in [1.54, 1.807) is 12.1 Å². The molecule has 0 saturated heterocycles. The van der Waals surface area contributed by atoms with Crippen molar-refractivity contribution in [3.05, 3.63) is 64.0 Å². The van der Waals surface area contributed by atoms with E-state index in [2.05, 4.69) is 25.6 Å². The number of aromatic nitrogens is 6. The van der Waals surface area contributed by atoms with Crippen LogP contribution in [-0.2, 0) is 13.0 Å². The van der Waals surface area contributed by atoms with Crippen LogP contribution in [0.25, 0.3) is 16.4 Å². The van der Waals surface area contributed by atoms with Crippen LogP contribution in [0.2, 0.25) is 0 Å². The highest BCUT2D eigenvalue weighted by Crippen LogP contribution is 2.25. The Morgan fingerprint density at radius 3 is 2.93 bits per heavy atom. The number of rotatable bonds is 7. The van der Waals surface area contributed by atoms with Gasteiger partial charge in [-0.1, -0.05) is 12.1 Å². The molecule has 2 N–H and O–H groups in total. The van der Waals surface area contributed by atoms with Gasteiger partial charge in [-0.3, -0.25) is 9.89 Å². The molecule has 11 heteroatoms. The number of amides is 1. The van der Waals surface area contributed by atoms with Crippen LogP contribution in [0.15, 0.2) is 41.8 Å². The molecule has 3 aromatic heterocycles. The Morgan fingerprint density at radius 1 is 1.33 bits per heavy atom. The van der Waals surface area contributed by atoms with Crippen molar-refractivity contribution in [3.8, 4) is 16.4 Å². The van der Waals surface area contributed by atoms with Gasteiger partial charge in [-0.15, -0.1) is 16.4 Å². The van der Waals surface area contributed by atoms with Crippen molar-refractivity contribution in [2.24, 2.45) is 0 Å².